The van der Waals surface area contributed by atoms with Crippen LogP contribution in [0.2, 0.25) is 0 Å². The fourth-order valence-electron chi connectivity index (χ4n) is 4.31. The predicted octanol–water partition coefficient (Wildman–Crippen LogP) is 3.13. The molecule has 2 aliphatic heterocycles. The zero-order valence-corrected chi connectivity index (χ0v) is 19.6. The van der Waals surface area contributed by atoms with Crippen molar-refractivity contribution in [2.24, 2.45) is 0 Å². The van der Waals surface area contributed by atoms with Gasteiger partial charge in [0, 0.05) is 19.4 Å². The largest absolute Gasteiger partial charge is 0.390 e. The maximum atomic E-state index is 12.4. The number of imide groups is 1. The van der Waals surface area contributed by atoms with Crippen molar-refractivity contribution in [3.05, 3.63) is 0 Å². The lowest BCUT2D eigenvalue weighted by atomic mass is 9.99. The van der Waals surface area contributed by atoms with Gasteiger partial charge in [-0.25, -0.2) is 9.59 Å². The molecule has 0 bridgehead atoms. The third-order valence-corrected chi connectivity index (χ3v) is 6.23. The number of carbonyl (C=O) groups excluding carboxylic acids is 3. The second-order valence-corrected chi connectivity index (χ2v) is 8.96. The van der Waals surface area contributed by atoms with Crippen LogP contribution in [-0.4, -0.2) is 75.6 Å². The summed E-state index contributed by atoms with van der Waals surface area (Å²) in [6.45, 7) is 4.66. The summed E-state index contributed by atoms with van der Waals surface area (Å²) < 4.78 is 5.73. The Morgan fingerprint density at radius 1 is 1.03 bits per heavy atom. The number of urea groups is 2. The standard InChI is InChI=1S/C23H41N3O6/c1-3-5-6-7-8-9-10-11-12-13-17(27)20(29)21-18(28)15-19(32-21)26-16-25(14-4-2)22(30)24-23(26)31/h18-21,28-29H,3-16H2,1-2H3,(H,24,30,31)/t18-,19+,20?,21-/m0/s1. The van der Waals surface area contributed by atoms with Gasteiger partial charge in [0.2, 0.25) is 0 Å². The normalized spacial score (nSPS) is 24.7. The van der Waals surface area contributed by atoms with Crippen LogP contribution in [0.15, 0.2) is 0 Å². The minimum atomic E-state index is -1.43. The van der Waals surface area contributed by atoms with Crippen molar-refractivity contribution in [3.8, 4) is 0 Å². The van der Waals surface area contributed by atoms with Crippen LogP contribution in [0, 0.1) is 0 Å². The fourth-order valence-corrected chi connectivity index (χ4v) is 4.31. The van der Waals surface area contributed by atoms with Crippen molar-refractivity contribution in [1.82, 2.24) is 15.1 Å². The van der Waals surface area contributed by atoms with Crippen LogP contribution in [0.1, 0.15) is 90.9 Å². The Morgan fingerprint density at radius 2 is 1.66 bits per heavy atom. The molecule has 0 aromatic rings. The Morgan fingerprint density at radius 3 is 2.28 bits per heavy atom. The molecule has 2 saturated heterocycles. The molecule has 4 atom stereocenters. The molecule has 0 aromatic heterocycles. The summed E-state index contributed by atoms with van der Waals surface area (Å²) in [6, 6.07) is -1.06. The molecule has 2 fully saturated rings. The number of hydrogen-bond donors (Lipinski definition) is 3. The number of ketones is 1. The van der Waals surface area contributed by atoms with Crippen molar-refractivity contribution in [3.63, 3.8) is 0 Å². The SMILES string of the molecule is CCCCCCCCCCCC(=O)C(O)[C@H]1O[C@@H](N2CN(CCC)C(=O)NC2=O)C[C@@H]1O. The summed E-state index contributed by atoms with van der Waals surface area (Å²) in [7, 11) is 0. The number of Topliss-reactive ketones (excluding diaryl/α,β-unsaturated/α-hetero) is 1. The predicted molar refractivity (Wildman–Crippen MR) is 120 cm³/mol. The zero-order chi connectivity index (χ0) is 23.5. The minimum absolute atomic E-state index is 0.0467. The van der Waals surface area contributed by atoms with E-state index in [0.717, 1.165) is 19.3 Å². The van der Waals surface area contributed by atoms with Crippen molar-refractivity contribution < 1.29 is 29.3 Å². The van der Waals surface area contributed by atoms with Gasteiger partial charge >= 0.3 is 12.1 Å². The Bertz CT molecular complexity index is 617. The van der Waals surface area contributed by atoms with Crippen molar-refractivity contribution in [2.75, 3.05) is 13.2 Å². The highest BCUT2D eigenvalue weighted by Crippen LogP contribution is 2.28. The van der Waals surface area contributed by atoms with Crippen molar-refractivity contribution >= 4 is 17.8 Å². The van der Waals surface area contributed by atoms with Crippen LogP contribution in [0.4, 0.5) is 9.59 Å². The summed E-state index contributed by atoms with van der Waals surface area (Å²) in [5.74, 6) is -0.344. The van der Waals surface area contributed by atoms with Gasteiger partial charge in [-0.15, -0.1) is 0 Å². The molecule has 0 radical (unpaired) electrons. The number of hydrogen-bond acceptors (Lipinski definition) is 6. The van der Waals surface area contributed by atoms with Crippen LogP contribution in [-0.2, 0) is 9.53 Å². The second kappa shape index (κ2) is 13.7. The molecular weight excluding hydrogens is 414 g/mol. The van der Waals surface area contributed by atoms with Gasteiger partial charge in [0.1, 0.15) is 25.1 Å². The molecule has 2 rings (SSSR count). The topological polar surface area (TPSA) is 119 Å². The first kappa shape index (κ1) is 26.5. The third-order valence-electron chi connectivity index (χ3n) is 6.23. The van der Waals surface area contributed by atoms with Crippen LogP contribution < -0.4 is 5.32 Å². The number of rotatable bonds is 15. The molecule has 2 heterocycles. The summed E-state index contributed by atoms with van der Waals surface area (Å²) in [4.78, 5) is 39.4. The van der Waals surface area contributed by atoms with E-state index in [2.05, 4.69) is 12.2 Å². The van der Waals surface area contributed by atoms with E-state index in [1.807, 2.05) is 6.92 Å². The second-order valence-electron chi connectivity index (χ2n) is 8.96. The van der Waals surface area contributed by atoms with Gasteiger partial charge in [-0.3, -0.25) is 15.0 Å². The van der Waals surface area contributed by atoms with Crippen LogP contribution in [0.3, 0.4) is 0 Å². The summed E-state index contributed by atoms with van der Waals surface area (Å²) in [5.41, 5.74) is 0. The van der Waals surface area contributed by atoms with Crippen LogP contribution >= 0.6 is 0 Å². The van der Waals surface area contributed by atoms with E-state index >= 15 is 0 Å². The average molecular weight is 456 g/mol. The lowest BCUT2D eigenvalue weighted by molar-refractivity contribution is -0.144. The minimum Gasteiger partial charge on any atom is -0.390 e. The molecule has 0 aromatic carbocycles. The molecular formula is C23H41N3O6. The smallest absolute Gasteiger partial charge is 0.328 e. The number of aliphatic hydroxyl groups is 2. The van der Waals surface area contributed by atoms with E-state index in [4.69, 9.17) is 4.74 Å². The van der Waals surface area contributed by atoms with Gasteiger partial charge in [0.25, 0.3) is 0 Å². The molecule has 0 saturated carbocycles. The van der Waals surface area contributed by atoms with E-state index in [1.165, 1.54) is 48.3 Å². The quantitative estimate of drug-likeness (QED) is 0.326. The van der Waals surface area contributed by atoms with Crippen LogP contribution in [0.5, 0.6) is 0 Å². The Hall–Kier alpha value is -1.71. The number of unbranched alkanes of at least 4 members (excludes halogenated alkanes) is 8. The summed E-state index contributed by atoms with van der Waals surface area (Å²) in [6.07, 6.45) is 6.91. The maximum Gasteiger partial charge on any atom is 0.328 e. The Kier molecular flexibility index (Phi) is 11.4. The lowest BCUT2D eigenvalue weighted by Gasteiger charge is -2.38. The first-order valence-corrected chi connectivity index (χ1v) is 12.3. The lowest BCUT2D eigenvalue weighted by Crippen LogP contribution is -2.61. The highest BCUT2D eigenvalue weighted by molar-refractivity contribution is 5.95. The monoisotopic (exact) mass is 455 g/mol. The van der Waals surface area contributed by atoms with E-state index in [9.17, 15) is 24.6 Å². The fraction of sp³-hybridized carbons (Fsp3) is 0.870. The van der Waals surface area contributed by atoms with Crippen LogP contribution in [0.25, 0.3) is 0 Å². The van der Waals surface area contributed by atoms with E-state index in [0.29, 0.717) is 13.0 Å². The molecule has 9 heteroatoms. The van der Waals surface area contributed by atoms with Gasteiger partial charge in [0.15, 0.2) is 5.78 Å². The van der Waals surface area contributed by atoms with Gasteiger partial charge in [-0.2, -0.15) is 0 Å². The number of nitrogens with zero attached hydrogens (tertiary/aromatic N) is 2. The van der Waals surface area contributed by atoms with Gasteiger partial charge in [-0.05, 0) is 12.8 Å². The molecule has 2 aliphatic rings. The Balaban J connectivity index is 1.73. The van der Waals surface area contributed by atoms with E-state index < -0.39 is 36.6 Å². The molecule has 3 N–H and O–H groups in total. The van der Waals surface area contributed by atoms with Gasteiger partial charge in [-0.1, -0.05) is 65.2 Å². The van der Waals surface area contributed by atoms with E-state index in [1.54, 1.807) is 0 Å². The average Bonchev–Trinajstić information content (AvgIpc) is 3.15. The molecule has 0 spiro atoms. The molecule has 4 amide bonds. The molecule has 32 heavy (non-hydrogen) atoms. The highest BCUT2D eigenvalue weighted by atomic mass is 16.5. The summed E-state index contributed by atoms with van der Waals surface area (Å²) in [5, 5.41) is 23.1. The van der Waals surface area contributed by atoms with E-state index in [-0.39, 0.29) is 25.3 Å². The van der Waals surface area contributed by atoms with Gasteiger partial charge in [0.05, 0.1) is 6.10 Å². The molecule has 0 aliphatic carbocycles. The highest BCUT2D eigenvalue weighted by Gasteiger charge is 2.46. The first-order valence-electron chi connectivity index (χ1n) is 12.3. The zero-order valence-electron chi connectivity index (χ0n) is 19.6. The van der Waals surface area contributed by atoms with Gasteiger partial charge < -0.3 is 19.8 Å². The maximum absolute atomic E-state index is 12.4. The van der Waals surface area contributed by atoms with Crippen molar-refractivity contribution in [1.29, 1.82) is 0 Å². The number of nitrogens with one attached hydrogen (secondary N) is 1. The number of carbonyl (C=O) groups is 3. The molecule has 1 unspecified atom stereocenters. The summed E-state index contributed by atoms with van der Waals surface area (Å²) >= 11 is 0. The number of aliphatic hydroxyl groups excluding tert-OH is 2. The molecule has 9 nitrogen and oxygen atoms in total. The van der Waals surface area contributed by atoms with Crippen molar-refractivity contribution in [2.45, 2.75) is 115 Å². The first-order chi connectivity index (χ1) is 15.4. The number of amides is 4. The number of ether oxygens (including phenoxy) is 1. The molecule has 184 valence electrons. The third kappa shape index (κ3) is 7.71. The Labute approximate surface area is 191 Å².